The second-order valence-corrected chi connectivity index (χ2v) is 9.32. The lowest BCUT2D eigenvalue weighted by atomic mass is 10.1. The normalized spacial score (nSPS) is 12.8. The van der Waals surface area contributed by atoms with Gasteiger partial charge in [0.25, 0.3) is 0 Å². The summed E-state index contributed by atoms with van der Waals surface area (Å²) in [6, 6.07) is 4.59. The Morgan fingerprint density at radius 1 is 0.920 bits per heavy atom. The van der Waals surface area contributed by atoms with Crippen molar-refractivity contribution in [3.63, 3.8) is 0 Å². The van der Waals surface area contributed by atoms with Gasteiger partial charge in [-0.2, -0.15) is 0 Å². The van der Waals surface area contributed by atoms with Crippen LogP contribution in [0.15, 0.2) is 12.1 Å². The third-order valence-corrected chi connectivity index (χ3v) is 7.26. The van der Waals surface area contributed by atoms with Crippen molar-refractivity contribution >= 4 is 32.1 Å². The van der Waals surface area contributed by atoms with Crippen molar-refractivity contribution in [2.75, 3.05) is 6.61 Å². The van der Waals surface area contributed by atoms with E-state index in [4.69, 9.17) is 4.74 Å². The van der Waals surface area contributed by atoms with Crippen molar-refractivity contribution in [2.24, 2.45) is 0 Å². The van der Waals surface area contributed by atoms with Crippen LogP contribution in [0.5, 0.6) is 5.06 Å². The van der Waals surface area contributed by atoms with Crippen LogP contribution in [-0.4, -0.2) is 6.61 Å². The Labute approximate surface area is 162 Å². The zero-order chi connectivity index (χ0) is 17.9. The molecule has 0 N–H and O–H groups in total. The quantitative estimate of drug-likeness (QED) is 0.299. The fourth-order valence-corrected chi connectivity index (χ4v) is 5.54. The lowest BCUT2D eigenvalue weighted by molar-refractivity contribution is 0.313. The van der Waals surface area contributed by atoms with E-state index < -0.39 is 0 Å². The van der Waals surface area contributed by atoms with Crippen LogP contribution >= 0.6 is 22.7 Å². The summed E-state index contributed by atoms with van der Waals surface area (Å²) < 4.78 is 8.75. The van der Waals surface area contributed by atoms with E-state index in [2.05, 4.69) is 32.9 Å². The molecular formula is C22H35OS2. The van der Waals surface area contributed by atoms with Crippen LogP contribution in [0.1, 0.15) is 95.3 Å². The van der Waals surface area contributed by atoms with Gasteiger partial charge in [0.2, 0.25) is 0 Å². The van der Waals surface area contributed by atoms with Crippen molar-refractivity contribution in [3.05, 3.63) is 23.9 Å². The molecule has 2 heterocycles. The summed E-state index contributed by atoms with van der Waals surface area (Å²) in [7, 11) is 0. The monoisotopic (exact) mass is 379 g/mol. The molecular weight excluding hydrogens is 344 g/mol. The zero-order valence-electron chi connectivity index (χ0n) is 16.1. The molecule has 2 aromatic rings. The largest absolute Gasteiger partial charge is 0.484 e. The highest BCUT2D eigenvalue weighted by molar-refractivity contribution is 7.28. The predicted molar refractivity (Wildman–Crippen MR) is 115 cm³/mol. The van der Waals surface area contributed by atoms with Gasteiger partial charge < -0.3 is 4.74 Å². The Balaban J connectivity index is 1.59. The molecule has 0 bridgehead atoms. The van der Waals surface area contributed by atoms with Crippen LogP contribution in [0.3, 0.4) is 0 Å². The van der Waals surface area contributed by atoms with Gasteiger partial charge in [-0.1, -0.05) is 89.9 Å². The Bertz CT molecular complexity index is 552. The Morgan fingerprint density at radius 2 is 1.56 bits per heavy atom. The summed E-state index contributed by atoms with van der Waals surface area (Å²) in [5, 5.41) is 1.09. The standard InChI is InChI=1S/C22H35OS2/c1-4-6-7-8-9-10-11-12-13-15-23-22-17-21-20(25-22)16-19(24-21)18(3)14-5-2/h16-18H,2,4-15H2,1,3H3. The molecule has 25 heavy (non-hydrogen) atoms. The minimum absolute atomic E-state index is 0.633. The summed E-state index contributed by atoms with van der Waals surface area (Å²) in [5.41, 5.74) is 0. The molecule has 141 valence electrons. The molecule has 0 fully saturated rings. The van der Waals surface area contributed by atoms with E-state index >= 15 is 0 Å². The molecule has 0 saturated heterocycles. The summed E-state index contributed by atoms with van der Waals surface area (Å²) in [6.07, 6.45) is 14.4. The first-order valence-corrected chi connectivity index (χ1v) is 11.8. The van der Waals surface area contributed by atoms with Gasteiger partial charge in [-0.25, -0.2) is 0 Å². The molecule has 1 atom stereocenters. The van der Waals surface area contributed by atoms with Gasteiger partial charge in [0.15, 0.2) is 5.06 Å². The highest BCUT2D eigenvalue weighted by atomic mass is 32.1. The summed E-state index contributed by atoms with van der Waals surface area (Å²) >= 11 is 3.73. The summed E-state index contributed by atoms with van der Waals surface area (Å²) in [4.78, 5) is 1.50. The van der Waals surface area contributed by atoms with Crippen LogP contribution < -0.4 is 4.74 Å². The third kappa shape index (κ3) is 7.30. The minimum atomic E-state index is 0.633. The molecule has 2 rings (SSSR count). The number of hydrogen-bond donors (Lipinski definition) is 0. The molecule has 0 amide bonds. The SMILES string of the molecule is [CH2]CCC(C)c1cc2sc(OCCCCCCCCCCC)cc2s1. The molecule has 1 nitrogen and oxygen atoms in total. The van der Waals surface area contributed by atoms with E-state index in [0.29, 0.717) is 5.92 Å². The highest BCUT2D eigenvalue weighted by Gasteiger charge is 2.12. The van der Waals surface area contributed by atoms with Crippen molar-refractivity contribution in [1.82, 2.24) is 0 Å². The Hall–Kier alpha value is -0.540. The van der Waals surface area contributed by atoms with Crippen LogP contribution in [0.2, 0.25) is 0 Å². The lowest BCUT2D eigenvalue weighted by Crippen LogP contribution is -1.95. The number of thiophene rings is 2. The van der Waals surface area contributed by atoms with Gasteiger partial charge in [0.1, 0.15) is 0 Å². The smallest absolute Gasteiger partial charge is 0.175 e. The van der Waals surface area contributed by atoms with Crippen LogP contribution in [0, 0.1) is 6.92 Å². The average Bonchev–Trinajstić information content (AvgIpc) is 3.15. The Kier molecular flexibility index (Phi) is 9.93. The number of hydrogen-bond acceptors (Lipinski definition) is 3. The molecule has 3 heteroatoms. The highest BCUT2D eigenvalue weighted by Crippen LogP contribution is 2.40. The van der Waals surface area contributed by atoms with Crippen molar-refractivity contribution < 1.29 is 4.74 Å². The van der Waals surface area contributed by atoms with E-state index in [1.165, 1.54) is 78.5 Å². The maximum absolute atomic E-state index is 5.97. The zero-order valence-corrected chi connectivity index (χ0v) is 17.8. The maximum atomic E-state index is 5.97. The van der Waals surface area contributed by atoms with Gasteiger partial charge >= 0.3 is 0 Å². The number of unbranched alkanes of at least 4 members (excludes halogenated alkanes) is 8. The van der Waals surface area contributed by atoms with Crippen molar-refractivity contribution in [3.8, 4) is 5.06 Å². The minimum Gasteiger partial charge on any atom is -0.484 e. The van der Waals surface area contributed by atoms with Crippen molar-refractivity contribution in [1.29, 1.82) is 0 Å². The average molecular weight is 380 g/mol. The fraction of sp³-hybridized carbons (Fsp3) is 0.682. The van der Waals surface area contributed by atoms with Crippen molar-refractivity contribution in [2.45, 2.75) is 90.4 Å². The van der Waals surface area contributed by atoms with Gasteiger partial charge in [-0.05, 0) is 24.8 Å². The molecule has 2 aromatic heterocycles. The molecule has 0 aromatic carbocycles. The summed E-state index contributed by atoms with van der Waals surface area (Å²) in [6.45, 7) is 9.43. The first kappa shape index (κ1) is 20.8. The molecule has 1 radical (unpaired) electrons. The van der Waals surface area contributed by atoms with Gasteiger partial charge in [-0.15, -0.1) is 11.3 Å². The second-order valence-electron chi connectivity index (χ2n) is 7.16. The van der Waals surface area contributed by atoms with Gasteiger partial charge in [-0.3, -0.25) is 0 Å². The van der Waals surface area contributed by atoms with E-state index in [0.717, 1.165) is 18.1 Å². The molecule has 0 aliphatic heterocycles. The molecule has 0 aliphatic rings. The first-order valence-electron chi connectivity index (χ1n) is 10.2. The van der Waals surface area contributed by atoms with E-state index in [-0.39, 0.29) is 0 Å². The molecule has 1 unspecified atom stereocenters. The fourth-order valence-electron chi connectivity index (χ4n) is 3.18. The molecule has 0 spiro atoms. The third-order valence-electron chi connectivity index (χ3n) is 4.82. The van der Waals surface area contributed by atoms with Crippen LogP contribution in [0.4, 0.5) is 0 Å². The van der Waals surface area contributed by atoms with Crippen LogP contribution in [-0.2, 0) is 0 Å². The maximum Gasteiger partial charge on any atom is 0.175 e. The van der Waals surface area contributed by atoms with Gasteiger partial charge in [0.05, 0.1) is 6.61 Å². The van der Waals surface area contributed by atoms with E-state index in [9.17, 15) is 0 Å². The molecule has 0 aliphatic carbocycles. The number of fused-ring (bicyclic) bond motifs is 1. The molecule has 0 saturated carbocycles. The Morgan fingerprint density at radius 3 is 2.20 bits per heavy atom. The number of ether oxygens (including phenoxy) is 1. The first-order chi connectivity index (χ1) is 12.2. The van der Waals surface area contributed by atoms with E-state index in [1.807, 2.05) is 11.3 Å². The lowest BCUT2D eigenvalue weighted by Gasteiger charge is -2.06. The topological polar surface area (TPSA) is 9.23 Å². The van der Waals surface area contributed by atoms with Gasteiger partial charge in [0, 0.05) is 20.3 Å². The summed E-state index contributed by atoms with van der Waals surface area (Å²) in [5.74, 6) is 0.633. The number of rotatable bonds is 14. The predicted octanol–water partition coefficient (Wildman–Crippen LogP) is 8.59. The second kappa shape index (κ2) is 12.0. The van der Waals surface area contributed by atoms with E-state index in [1.54, 1.807) is 11.3 Å². The van der Waals surface area contributed by atoms with Crippen LogP contribution in [0.25, 0.3) is 9.40 Å².